The molecule has 8 nitrogen and oxygen atoms in total. The zero-order valence-corrected chi connectivity index (χ0v) is 20.5. The van der Waals surface area contributed by atoms with Crippen molar-refractivity contribution in [1.82, 2.24) is 9.88 Å². The Kier molecular flexibility index (Phi) is 6.38. The molecule has 1 saturated heterocycles. The number of rotatable bonds is 5. The van der Waals surface area contributed by atoms with E-state index in [-0.39, 0.29) is 16.3 Å². The molecule has 0 spiro atoms. The van der Waals surface area contributed by atoms with Crippen molar-refractivity contribution >= 4 is 56.1 Å². The third-order valence-electron chi connectivity index (χ3n) is 6.01. The number of likely N-dealkylation sites (N-methyl/N-ethyl adjacent to an activating group) is 1. The van der Waals surface area contributed by atoms with Gasteiger partial charge >= 0.3 is 0 Å². The van der Waals surface area contributed by atoms with Crippen LogP contribution in [0.5, 0.6) is 0 Å². The molecule has 3 aromatic carbocycles. The molecule has 1 aliphatic rings. The molecule has 2 heterocycles. The van der Waals surface area contributed by atoms with Crippen LogP contribution in [0.4, 0.5) is 17.1 Å². The van der Waals surface area contributed by atoms with E-state index in [2.05, 4.69) is 15.2 Å². The van der Waals surface area contributed by atoms with Crippen LogP contribution in [0, 0.1) is 10.1 Å². The summed E-state index contributed by atoms with van der Waals surface area (Å²) in [6, 6.07) is 18.0. The number of nitro groups is 1. The van der Waals surface area contributed by atoms with Crippen molar-refractivity contribution in [2.75, 3.05) is 43.4 Å². The number of anilines is 2. The van der Waals surface area contributed by atoms with E-state index in [1.54, 1.807) is 17.4 Å². The lowest BCUT2D eigenvalue weighted by molar-refractivity contribution is -0.384. The van der Waals surface area contributed by atoms with E-state index in [0.717, 1.165) is 33.9 Å². The van der Waals surface area contributed by atoms with E-state index >= 15 is 0 Å². The number of hydrogen-bond acceptors (Lipinski definition) is 7. The van der Waals surface area contributed by atoms with Crippen LogP contribution in [0.25, 0.3) is 20.8 Å². The van der Waals surface area contributed by atoms with Crippen molar-refractivity contribution in [2.24, 2.45) is 0 Å². The van der Waals surface area contributed by atoms with Crippen LogP contribution >= 0.6 is 22.9 Å². The van der Waals surface area contributed by atoms with Gasteiger partial charge in [-0.05, 0) is 37.4 Å². The first-order chi connectivity index (χ1) is 16.9. The third-order valence-corrected chi connectivity index (χ3v) is 7.41. The number of nitrogens with one attached hydrogen (secondary N) is 1. The number of carbonyl (C=O) groups is 1. The highest BCUT2D eigenvalue weighted by atomic mass is 35.5. The zero-order valence-electron chi connectivity index (χ0n) is 18.9. The Morgan fingerprint density at radius 3 is 2.60 bits per heavy atom. The summed E-state index contributed by atoms with van der Waals surface area (Å²) in [7, 11) is 2.01. The van der Waals surface area contributed by atoms with E-state index in [9.17, 15) is 14.9 Å². The molecule has 1 N–H and O–H groups in total. The SMILES string of the molecule is CN1CCN(c2cc(Cl)c(C(=O)Nc3cccc(-c4nc5ccccc5s4)c3)cc2[N+](=O)[O-])CC1. The van der Waals surface area contributed by atoms with Crippen molar-refractivity contribution in [2.45, 2.75) is 0 Å². The Morgan fingerprint density at radius 2 is 1.86 bits per heavy atom. The average molecular weight is 508 g/mol. The minimum atomic E-state index is -0.510. The smallest absolute Gasteiger partial charge is 0.293 e. The summed E-state index contributed by atoms with van der Waals surface area (Å²) >= 11 is 8.03. The molecule has 1 fully saturated rings. The lowest BCUT2D eigenvalue weighted by Crippen LogP contribution is -2.44. The fourth-order valence-corrected chi connectivity index (χ4v) is 5.30. The van der Waals surface area contributed by atoms with Crippen LogP contribution in [0.3, 0.4) is 0 Å². The number of amides is 1. The van der Waals surface area contributed by atoms with Crippen molar-refractivity contribution in [1.29, 1.82) is 0 Å². The Labute approximate surface area is 210 Å². The monoisotopic (exact) mass is 507 g/mol. The first-order valence-corrected chi connectivity index (χ1v) is 12.3. The molecule has 4 aromatic rings. The predicted octanol–water partition coefficient (Wildman–Crippen LogP) is 5.53. The van der Waals surface area contributed by atoms with Crippen LogP contribution in [0.2, 0.25) is 5.02 Å². The number of nitro benzene ring substituents is 1. The van der Waals surface area contributed by atoms with E-state index < -0.39 is 10.8 Å². The third kappa shape index (κ3) is 4.84. The fourth-order valence-electron chi connectivity index (χ4n) is 4.10. The van der Waals surface area contributed by atoms with Gasteiger partial charge in [0.2, 0.25) is 0 Å². The van der Waals surface area contributed by atoms with Gasteiger partial charge in [-0.25, -0.2) is 4.98 Å². The highest BCUT2D eigenvalue weighted by Crippen LogP contribution is 2.35. The van der Waals surface area contributed by atoms with Gasteiger partial charge in [-0.15, -0.1) is 11.3 Å². The van der Waals surface area contributed by atoms with Gasteiger partial charge in [0, 0.05) is 43.5 Å². The van der Waals surface area contributed by atoms with Crippen molar-refractivity contribution in [3.05, 3.63) is 81.4 Å². The number of halogens is 1. The summed E-state index contributed by atoms with van der Waals surface area (Å²) < 4.78 is 1.08. The molecular formula is C25H22ClN5O3S. The molecule has 0 aliphatic carbocycles. The van der Waals surface area contributed by atoms with Crippen LogP contribution in [-0.2, 0) is 0 Å². The molecule has 0 unspecified atom stereocenters. The van der Waals surface area contributed by atoms with Crippen molar-refractivity contribution < 1.29 is 9.72 Å². The van der Waals surface area contributed by atoms with Gasteiger partial charge in [-0.3, -0.25) is 14.9 Å². The second-order valence-corrected chi connectivity index (χ2v) is 9.83. The minimum absolute atomic E-state index is 0.0571. The van der Waals surface area contributed by atoms with Gasteiger partial charge in [-0.2, -0.15) is 0 Å². The molecule has 5 rings (SSSR count). The largest absolute Gasteiger partial charge is 0.363 e. The Bertz CT molecular complexity index is 1400. The van der Waals surface area contributed by atoms with Crippen molar-refractivity contribution in [3.63, 3.8) is 0 Å². The molecule has 10 heteroatoms. The van der Waals surface area contributed by atoms with E-state index in [0.29, 0.717) is 24.5 Å². The minimum Gasteiger partial charge on any atom is -0.363 e. The molecule has 0 radical (unpaired) electrons. The number of para-hydroxylation sites is 1. The Morgan fingerprint density at radius 1 is 1.09 bits per heavy atom. The number of fused-ring (bicyclic) bond motifs is 1. The van der Waals surface area contributed by atoms with E-state index in [1.807, 2.05) is 54.4 Å². The topological polar surface area (TPSA) is 91.6 Å². The summed E-state index contributed by atoms with van der Waals surface area (Å²) in [5, 5.41) is 15.7. The standard InChI is InChI=1S/C25H22ClN5O3S/c1-29-9-11-30(12-10-29)21-15-19(26)18(14-22(21)31(33)34)24(32)27-17-6-4-5-16(13-17)25-28-20-7-2-3-8-23(20)35-25/h2-8,13-15H,9-12H2,1H3,(H,27,32). The second-order valence-electron chi connectivity index (χ2n) is 8.39. The number of piperazine rings is 1. The normalized spacial score (nSPS) is 14.3. The second kappa shape index (κ2) is 9.61. The van der Waals surface area contributed by atoms with Crippen molar-refractivity contribution in [3.8, 4) is 10.6 Å². The number of benzene rings is 3. The number of carbonyl (C=O) groups excluding carboxylic acids is 1. The van der Waals surface area contributed by atoms with E-state index in [1.165, 1.54) is 12.1 Å². The molecule has 1 aliphatic heterocycles. The number of thiazole rings is 1. The maximum atomic E-state index is 13.1. The molecule has 1 aromatic heterocycles. The summed E-state index contributed by atoms with van der Waals surface area (Å²) in [4.78, 5) is 33.2. The lowest BCUT2D eigenvalue weighted by Gasteiger charge is -2.33. The highest BCUT2D eigenvalue weighted by Gasteiger charge is 2.26. The molecule has 1 amide bonds. The maximum Gasteiger partial charge on any atom is 0.293 e. The summed E-state index contributed by atoms with van der Waals surface area (Å²) in [6.07, 6.45) is 0. The van der Waals surface area contributed by atoms with Crippen LogP contribution in [0.1, 0.15) is 10.4 Å². The first kappa shape index (κ1) is 23.2. The predicted molar refractivity (Wildman–Crippen MR) is 141 cm³/mol. The molecule has 0 atom stereocenters. The maximum absolute atomic E-state index is 13.1. The van der Waals surface area contributed by atoms with Gasteiger partial charge in [0.05, 0.1) is 25.7 Å². The van der Waals surface area contributed by atoms with Gasteiger partial charge in [0.15, 0.2) is 0 Å². The first-order valence-electron chi connectivity index (χ1n) is 11.1. The summed E-state index contributed by atoms with van der Waals surface area (Å²) in [5.41, 5.74) is 2.69. The Balaban J connectivity index is 1.41. The number of hydrogen-bond donors (Lipinski definition) is 1. The zero-order chi connectivity index (χ0) is 24.5. The van der Waals surface area contributed by atoms with Gasteiger partial charge in [-0.1, -0.05) is 35.9 Å². The highest BCUT2D eigenvalue weighted by molar-refractivity contribution is 7.21. The van der Waals surface area contributed by atoms with Crippen LogP contribution < -0.4 is 10.2 Å². The molecular weight excluding hydrogens is 486 g/mol. The average Bonchev–Trinajstić information content (AvgIpc) is 3.29. The summed E-state index contributed by atoms with van der Waals surface area (Å²) in [5.74, 6) is -0.510. The van der Waals surface area contributed by atoms with Crippen LogP contribution in [-0.4, -0.2) is 53.9 Å². The number of nitrogens with zero attached hydrogens (tertiary/aromatic N) is 4. The number of aromatic nitrogens is 1. The molecule has 0 bridgehead atoms. The molecule has 35 heavy (non-hydrogen) atoms. The van der Waals surface area contributed by atoms with Gasteiger partial charge in [0.25, 0.3) is 11.6 Å². The van der Waals surface area contributed by atoms with Gasteiger partial charge < -0.3 is 15.1 Å². The molecule has 0 saturated carbocycles. The lowest BCUT2D eigenvalue weighted by atomic mass is 10.1. The van der Waals surface area contributed by atoms with Gasteiger partial charge in [0.1, 0.15) is 10.7 Å². The Hall–Kier alpha value is -3.53. The fraction of sp³-hybridized carbons (Fsp3) is 0.200. The van der Waals surface area contributed by atoms with Crippen LogP contribution in [0.15, 0.2) is 60.7 Å². The molecule has 178 valence electrons. The summed E-state index contributed by atoms with van der Waals surface area (Å²) in [6.45, 7) is 2.89. The van der Waals surface area contributed by atoms with E-state index in [4.69, 9.17) is 11.6 Å². The quantitative estimate of drug-likeness (QED) is 0.282.